The number of aromatic nitrogens is 2. The summed E-state index contributed by atoms with van der Waals surface area (Å²) in [5.74, 6) is 0. The average Bonchev–Trinajstić information content (AvgIpc) is 2.55. The molecule has 4 heteroatoms. The van der Waals surface area contributed by atoms with Crippen molar-refractivity contribution >= 4 is 26.8 Å². The van der Waals surface area contributed by atoms with Crippen LogP contribution in [0.3, 0.4) is 0 Å². The van der Waals surface area contributed by atoms with Gasteiger partial charge in [-0.3, -0.25) is 4.68 Å². The number of hydrogen-bond acceptors (Lipinski definition) is 2. The molecular formula is C11H14BrN3. The first kappa shape index (κ1) is 10.6. The topological polar surface area (TPSA) is 43.8 Å². The fraction of sp³-hybridized carbons (Fsp3) is 0.364. The van der Waals surface area contributed by atoms with E-state index in [0.717, 1.165) is 23.1 Å². The van der Waals surface area contributed by atoms with E-state index in [4.69, 9.17) is 5.73 Å². The van der Waals surface area contributed by atoms with Crippen LogP contribution in [0.1, 0.15) is 12.1 Å². The zero-order valence-electron chi connectivity index (χ0n) is 8.70. The monoisotopic (exact) mass is 267 g/mol. The minimum atomic E-state index is 0.699. The highest BCUT2D eigenvalue weighted by molar-refractivity contribution is 9.10. The molecule has 2 N–H and O–H groups in total. The Morgan fingerprint density at radius 3 is 3.00 bits per heavy atom. The molecule has 0 bridgehead atoms. The van der Waals surface area contributed by atoms with Crippen LogP contribution in [0, 0.1) is 6.92 Å². The molecule has 0 saturated carbocycles. The molecule has 0 fully saturated rings. The molecule has 0 radical (unpaired) electrons. The molecule has 0 saturated heterocycles. The summed E-state index contributed by atoms with van der Waals surface area (Å²) in [7, 11) is 0. The molecule has 1 heterocycles. The van der Waals surface area contributed by atoms with Crippen molar-refractivity contribution in [1.82, 2.24) is 9.78 Å². The number of rotatable bonds is 3. The van der Waals surface area contributed by atoms with Gasteiger partial charge in [-0.2, -0.15) is 5.10 Å². The van der Waals surface area contributed by atoms with Gasteiger partial charge in [0.25, 0.3) is 0 Å². The second-order valence-corrected chi connectivity index (χ2v) is 4.44. The summed E-state index contributed by atoms with van der Waals surface area (Å²) in [4.78, 5) is 0. The molecule has 0 aliphatic rings. The lowest BCUT2D eigenvalue weighted by atomic mass is 10.2. The number of benzene rings is 1. The Kier molecular flexibility index (Phi) is 3.07. The third-order valence-electron chi connectivity index (χ3n) is 2.48. The van der Waals surface area contributed by atoms with Gasteiger partial charge in [0.05, 0.1) is 11.2 Å². The van der Waals surface area contributed by atoms with E-state index < -0.39 is 0 Å². The van der Waals surface area contributed by atoms with Gasteiger partial charge in [0, 0.05) is 16.4 Å². The number of fused-ring (bicyclic) bond motifs is 1. The van der Waals surface area contributed by atoms with Crippen molar-refractivity contribution in [2.75, 3.05) is 6.54 Å². The number of aryl methyl sites for hydroxylation is 2. The molecule has 0 aliphatic heterocycles. The maximum absolute atomic E-state index is 5.51. The standard InChI is InChI=1S/C11H14BrN3/c1-8-9-4-2-5-10(12)11(9)15(14-8)7-3-6-13/h2,4-5H,3,6-7,13H2,1H3. The minimum absolute atomic E-state index is 0.699. The molecular weight excluding hydrogens is 254 g/mol. The summed E-state index contributed by atoms with van der Waals surface area (Å²) in [6.45, 7) is 3.61. The maximum atomic E-state index is 5.51. The quantitative estimate of drug-likeness (QED) is 0.929. The van der Waals surface area contributed by atoms with Gasteiger partial charge in [-0.15, -0.1) is 0 Å². The van der Waals surface area contributed by atoms with Crippen molar-refractivity contribution in [1.29, 1.82) is 0 Å². The number of hydrogen-bond donors (Lipinski definition) is 1. The Morgan fingerprint density at radius 2 is 2.27 bits per heavy atom. The van der Waals surface area contributed by atoms with E-state index in [0.29, 0.717) is 6.54 Å². The Hall–Kier alpha value is -0.870. The highest BCUT2D eigenvalue weighted by Gasteiger charge is 2.08. The first-order valence-corrected chi connectivity index (χ1v) is 5.85. The first-order chi connectivity index (χ1) is 7.24. The number of para-hydroxylation sites is 1. The lowest BCUT2D eigenvalue weighted by Crippen LogP contribution is -2.07. The zero-order chi connectivity index (χ0) is 10.8. The van der Waals surface area contributed by atoms with E-state index in [-0.39, 0.29) is 0 Å². The van der Waals surface area contributed by atoms with Gasteiger partial charge in [-0.05, 0) is 41.9 Å². The minimum Gasteiger partial charge on any atom is -0.330 e. The molecule has 80 valence electrons. The van der Waals surface area contributed by atoms with Crippen LogP contribution in [-0.4, -0.2) is 16.3 Å². The maximum Gasteiger partial charge on any atom is 0.0827 e. The van der Waals surface area contributed by atoms with Gasteiger partial charge in [0.1, 0.15) is 0 Å². The van der Waals surface area contributed by atoms with E-state index >= 15 is 0 Å². The molecule has 0 spiro atoms. The molecule has 2 aromatic rings. The molecule has 3 nitrogen and oxygen atoms in total. The third-order valence-corrected chi connectivity index (χ3v) is 3.12. The summed E-state index contributed by atoms with van der Waals surface area (Å²) in [6, 6.07) is 6.18. The largest absolute Gasteiger partial charge is 0.330 e. The van der Waals surface area contributed by atoms with Crippen LogP contribution in [0.25, 0.3) is 10.9 Å². The summed E-state index contributed by atoms with van der Waals surface area (Å²) in [6.07, 6.45) is 0.956. The van der Waals surface area contributed by atoms with Crippen LogP contribution < -0.4 is 5.73 Å². The molecule has 0 unspecified atom stereocenters. The van der Waals surface area contributed by atoms with Gasteiger partial charge >= 0.3 is 0 Å². The lowest BCUT2D eigenvalue weighted by Gasteiger charge is -2.03. The van der Waals surface area contributed by atoms with Gasteiger partial charge in [0.2, 0.25) is 0 Å². The van der Waals surface area contributed by atoms with E-state index in [1.807, 2.05) is 23.7 Å². The molecule has 15 heavy (non-hydrogen) atoms. The van der Waals surface area contributed by atoms with E-state index in [2.05, 4.69) is 27.1 Å². The van der Waals surface area contributed by atoms with Crippen LogP contribution in [0.2, 0.25) is 0 Å². The fourth-order valence-electron chi connectivity index (χ4n) is 1.76. The predicted molar refractivity (Wildman–Crippen MR) is 65.8 cm³/mol. The SMILES string of the molecule is Cc1nn(CCCN)c2c(Br)cccc12. The Morgan fingerprint density at radius 1 is 1.47 bits per heavy atom. The second-order valence-electron chi connectivity index (χ2n) is 3.59. The Balaban J connectivity index is 2.54. The van der Waals surface area contributed by atoms with Crippen molar-refractivity contribution in [2.45, 2.75) is 19.9 Å². The molecule has 0 aliphatic carbocycles. The molecule has 0 amide bonds. The summed E-state index contributed by atoms with van der Waals surface area (Å²) >= 11 is 3.56. The van der Waals surface area contributed by atoms with E-state index in [9.17, 15) is 0 Å². The number of nitrogens with two attached hydrogens (primary N) is 1. The molecule has 0 atom stereocenters. The average molecular weight is 268 g/mol. The van der Waals surface area contributed by atoms with Crippen LogP contribution in [0.15, 0.2) is 22.7 Å². The van der Waals surface area contributed by atoms with Crippen molar-refractivity contribution in [3.8, 4) is 0 Å². The number of halogens is 1. The van der Waals surface area contributed by atoms with Gasteiger partial charge in [0.15, 0.2) is 0 Å². The third kappa shape index (κ3) is 1.92. The van der Waals surface area contributed by atoms with E-state index in [1.165, 1.54) is 10.9 Å². The first-order valence-electron chi connectivity index (χ1n) is 5.05. The fourth-order valence-corrected chi connectivity index (χ4v) is 2.33. The van der Waals surface area contributed by atoms with Crippen LogP contribution in [-0.2, 0) is 6.54 Å². The Bertz CT molecular complexity index is 476. The van der Waals surface area contributed by atoms with Crippen LogP contribution in [0.4, 0.5) is 0 Å². The highest BCUT2D eigenvalue weighted by atomic mass is 79.9. The van der Waals surface area contributed by atoms with E-state index in [1.54, 1.807) is 0 Å². The van der Waals surface area contributed by atoms with Crippen molar-refractivity contribution < 1.29 is 0 Å². The smallest absolute Gasteiger partial charge is 0.0827 e. The zero-order valence-corrected chi connectivity index (χ0v) is 10.3. The Labute approximate surface area is 97.4 Å². The second kappa shape index (κ2) is 4.33. The van der Waals surface area contributed by atoms with Crippen molar-refractivity contribution in [2.24, 2.45) is 5.73 Å². The van der Waals surface area contributed by atoms with Gasteiger partial charge in [-0.25, -0.2) is 0 Å². The van der Waals surface area contributed by atoms with Gasteiger partial charge in [-0.1, -0.05) is 12.1 Å². The van der Waals surface area contributed by atoms with Crippen LogP contribution in [0.5, 0.6) is 0 Å². The number of nitrogens with zero attached hydrogens (tertiary/aromatic N) is 2. The lowest BCUT2D eigenvalue weighted by molar-refractivity contribution is 0.597. The summed E-state index contributed by atoms with van der Waals surface area (Å²) in [5.41, 5.74) is 7.75. The predicted octanol–water partition coefficient (Wildman–Crippen LogP) is 2.46. The summed E-state index contributed by atoms with van der Waals surface area (Å²) in [5, 5.41) is 5.73. The highest BCUT2D eigenvalue weighted by Crippen LogP contribution is 2.26. The normalized spacial score (nSPS) is 11.1. The van der Waals surface area contributed by atoms with Crippen molar-refractivity contribution in [3.63, 3.8) is 0 Å². The molecule has 1 aromatic heterocycles. The summed E-state index contributed by atoms with van der Waals surface area (Å²) < 4.78 is 3.12. The van der Waals surface area contributed by atoms with Gasteiger partial charge < -0.3 is 5.73 Å². The molecule has 2 rings (SSSR count). The molecule has 1 aromatic carbocycles. The van der Waals surface area contributed by atoms with Crippen LogP contribution >= 0.6 is 15.9 Å². The van der Waals surface area contributed by atoms with Crippen molar-refractivity contribution in [3.05, 3.63) is 28.4 Å².